The van der Waals surface area contributed by atoms with Gasteiger partial charge in [-0.05, 0) is 49.4 Å². The average molecular weight is 475 g/mol. The number of anilines is 2. The van der Waals surface area contributed by atoms with E-state index in [1.165, 1.54) is 11.8 Å². The topological polar surface area (TPSA) is 60.9 Å². The first-order valence-electron chi connectivity index (χ1n) is 8.40. The van der Waals surface area contributed by atoms with Gasteiger partial charge in [0.2, 0.25) is 0 Å². The Morgan fingerprint density at radius 1 is 1.11 bits per heavy atom. The van der Waals surface area contributed by atoms with Crippen LogP contribution in [0.5, 0.6) is 0 Å². The van der Waals surface area contributed by atoms with Gasteiger partial charge in [-0.3, -0.25) is 4.55 Å². The van der Waals surface area contributed by atoms with Gasteiger partial charge in [-0.15, -0.1) is 0 Å². The third kappa shape index (κ3) is 3.99. The molecule has 0 fully saturated rings. The van der Waals surface area contributed by atoms with Crippen molar-refractivity contribution in [1.29, 1.82) is 0 Å². The molecule has 2 aliphatic heterocycles. The van der Waals surface area contributed by atoms with Crippen molar-refractivity contribution >= 4 is 68.2 Å². The van der Waals surface area contributed by atoms with E-state index in [9.17, 15) is 13.0 Å². The Balaban J connectivity index is 1.72. The lowest BCUT2D eigenvalue weighted by Crippen LogP contribution is -2.30. The zero-order valence-electron chi connectivity index (χ0n) is 14.7. The van der Waals surface area contributed by atoms with Gasteiger partial charge in [0.15, 0.2) is 5.88 Å². The summed E-state index contributed by atoms with van der Waals surface area (Å²) in [6.07, 6.45) is 2.02. The summed E-state index contributed by atoms with van der Waals surface area (Å²) < 4.78 is 32.7. The molecule has 0 spiro atoms. The van der Waals surface area contributed by atoms with E-state index < -0.39 is 16.0 Å². The van der Waals surface area contributed by atoms with Gasteiger partial charge in [0.25, 0.3) is 10.1 Å². The molecule has 28 heavy (non-hydrogen) atoms. The highest BCUT2D eigenvalue weighted by Gasteiger charge is 2.33. The molecule has 0 aliphatic carbocycles. The summed E-state index contributed by atoms with van der Waals surface area (Å²) in [5, 5.41) is 1.91. The van der Waals surface area contributed by atoms with Crippen molar-refractivity contribution in [3.8, 4) is 0 Å². The molecule has 2 aromatic carbocycles. The number of benzene rings is 2. The average Bonchev–Trinajstić information content (AvgIpc) is 3.11. The van der Waals surface area contributed by atoms with Crippen molar-refractivity contribution in [2.24, 2.45) is 0 Å². The highest BCUT2D eigenvalue weighted by atomic mass is 35.5. The van der Waals surface area contributed by atoms with Gasteiger partial charge in [-0.25, -0.2) is 0 Å². The molecular weight excluding hydrogens is 459 g/mol. The van der Waals surface area contributed by atoms with E-state index in [4.69, 9.17) is 23.2 Å². The molecule has 0 amide bonds. The number of rotatable bonds is 4. The van der Waals surface area contributed by atoms with E-state index in [1.54, 1.807) is 28.8 Å². The number of fused-ring (bicyclic) bond motifs is 2. The fraction of sp³-hybridized carbons (Fsp3) is 0.222. The highest BCUT2D eigenvalue weighted by molar-refractivity contribution is 8.04. The largest absolute Gasteiger partial charge is 0.355 e. The lowest BCUT2D eigenvalue weighted by Gasteiger charge is -2.25. The molecule has 4 rings (SSSR count). The van der Waals surface area contributed by atoms with Gasteiger partial charge in [0, 0.05) is 26.4 Å². The molecule has 0 saturated heterocycles. The van der Waals surface area contributed by atoms with Crippen LogP contribution in [0.15, 0.2) is 57.3 Å². The molecule has 1 N–H and O–H groups in total. The lowest BCUT2D eigenvalue weighted by atomic mass is 10.3. The van der Waals surface area contributed by atoms with Crippen LogP contribution >= 0.6 is 46.7 Å². The molecule has 0 bridgehead atoms. The van der Waals surface area contributed by atoms with Crippen molar-refractivity contribution in [2.45, 2.75) is 22.1 Å². The van der Waals surface area contributed by atoms with Gasteiger partial charge < -0.3 is 9.80 Å². The molecule has 1 unspecified atom stereocenters. The van der Waals surface area contributed by atoms with Crippen molar-refractivity contribution in [3.05, 3.63) is 57.5 Å². The fourth-order valence-electron chi connectivity index (χ4n) is 3.24. The predicted molar refractivity (Wildman–Crippen MR) is 118 cm³/mol. The zero-order chi connectivity index (χ0) is 20.1. The van der Waals surface area contributed by atoms with Crippen molar-refractivity contribution in [2.75, 3.05) is 22.2 Å². The van der Waals surface area contributed by atoms with Crippen LogP contribution in [-0.2, 0) is 10.1 Å². The second-order valence-corrected chi connectivity index (χ2v) is 10.8. The van der Waals surface area contributed by atoms with Crippen LogP contribution in [0.2, 0.25) is 10.0 Å². The molecule has 0 saturated carbocycles. The number of halogens is 2. The summed E-state index contributed by atoms with van der Waals surface area (Å²) in [5.74, 6) is -0.526. The Labute approximate surface area is 182 Å². The zero-order valence-corrected chi connectivity index (χ0v) is 18.6. The quantitative estimate of drug-likeness (QED) is 0.582. The van der Waals surface area contributed by atoms with Gasteiger partial charge in [-0.1, -0.05) is 46.7 Å². The Morgan fingerprint density at radius 2 is 1.75 bits per heavy atom. The monoisotopic (exact) mass is 474 g/mol. The Kier molecular flexibility index (Phi) is 5.54. The van der Waals surface area contributed by atoms with Crippen molar-refractivity contribution < 1.29 is 13.0 Å². The van der Waals surface area contributed by atoms with Gasteiger partial charge >= 0.3 is 0 Å². The number of hydrogen-bond donors (Lipinski definition) is 1. The SMILES string of the molecule is CCN1c2cc(Cl)ccc2SC1C=C1Sc2ccc(Cl)cc2N1CS(=O)(=O)O. The summed E-state index contributed by atoms with van der Waals surface area (Å²) in [5.41, 5.74) is 1.74. The normalized spacial score (nSPS) is 20.0. The van der Waals surface area contributed by atoms with Crippen LogP contribution in [0.1, 0.15) is 6.92 Å². The maximum atomic E-state index is 11.6. The van der Waals surface area contributed by atoms with E-state index in [0.717, 1.165) is 27.1 Å². The molecule has 5 nitrogen and oxygen atoms in total. The van der Waals surface area contributed by atoms with Crippen LogP contribution in [0.4, 0.5) is 11.4 Å². The Hall–Kier alpha value is -1.03. The fourth-order valence-corrected chi connectivity index (χ4v) is 6.74. The molecular formula is C18H16Cl2N2O3S3. The van der Waals surface area contributed by atoms with E-state index in [1.807, 2.05) is 30.3 Å². The van der Waals surface area contributed by atoms with Crippen LogP contribution in [-0.4, -0.2) is 30.8 Å². The number of likely N-dealkylation sites (N-methyl/N-ethyl adjacent to an activating group) is 1. The summed E-state index contributed by atoms with van der Waals surface area (Å²) in [7, 11) is -4.22. The van der Waals surface area contributed by atoms with Gasteiger partial charge in [-0.2, -0.15) is 8.42 Å². The Morgan fingerprint density at radius 3 is 2.39 bits per heavy atom. The number of thioether (sulfide) groups is 2. The number of nitrogens with zero attached hydrogens (tertiary/aromatic N) is 2. The molecule has 2 aromatic rings. The minimum absolute atomic E-state index is 0.0188. The molecule has 2 aliphatic rings. The molecule has 0 aromatic heterocycles. The summed E-state index contributed by atoms with van der Waals surface area (Å²) in [6.45, 7) is 2.84. The third-order valence-corrected chi connectivity index (χ3v) is 7.81. The molecule has 1 atom stereocenters. The van der Waals surface area contributed by atoms with Crippen LogP contribution < -0.4 is 9.80 Å². The standard InChI is InChI=1S/C18H16Cl2N2O3S3/c1-2-21-13-7-11(19)3-5-15(13)26-17(21)9-18-22(10-28(23,24)25)14-8-12(20)4-6-16(14)27-18/h3-9,17H,2,10H2,1H3,(H,23,24,25). The minimum atomic E-state index is -4.22. The second-order valence-electron chi connectivity index (χ2n) is 6.26. The molecule has 0 radical (unpaired) electrons. The number of hydrogen-bond acceptors (Lipinski definition) is 6. The van der Waals surface area contributed by atoms with E-state index in [0.29, 0.717) is 15.7 Å². The van der Waals surface area contributed by atoms with Gasteiger partial charge in [0.05, 0.1) is 16.4 Å². The maximum Gasteiger partial charge on any atom is 0.283 e. The highest BCUT2D eigenvalue weighted by Crippen LogP contribution is 2.50. The van der Waals surface area contributed by atoms with Crippen LogP contribution in [0.3, 0.4) is 0 Å². The minimum Gasteiger partial charge on any atom is -0.355 e. The van der Waals surface area contributed by atoms with Crippen molar-refractivity contribution in [1.82, 2.24) is 0 Å². The van der Waals surface area contributed by atoms with Gasteiger partial charge in [0.1, 0.15) is 5.37 Å². The summed E-state index contributed by atoms with van der Waals surface area (Å²) >= 11 is 15.4. The third-order valence-electron chi connectivity index (χ3n) is 4.40. The van der Waals surface area contributed by atoms with Crippen LogP contribution in [0, 0.1) is 0 Å². The first-order chi connectivity index (χ1) is 13.2. The second kappa shape index (κ2) is 7.66. The predicted octanol–water partition coefficient (Wildman–Crippen LogP) is 5.55. The first kappa shape index (κ1) is 20.3. The molecule has 2 heterocycles. The summed E-state index contributed by atoms with van der Waals surface area (Å²) in [6, 6.07) is 11.1. The maximum absolute atomic E-state index is 11.6. The van der Waals surface area contributed by atoms with Crippen molar-refractivity contribution in [3.63, 3.8) is 0 Å². The van der Waals surface area contributed by atoms with E-state index >= 15 is 0 Å². The molecule has 148 valence electrons. The Bertz CT molecular complexity index is 1080. The van der Waals surface area contributed by atoms with E-state index in [-0.39, 0.29) is 5.37 Å². The lowest BCUT2D eigenvalue weighted by molar-refractivity contribution is 0.483. The summed E-state index contributed by atoms with van der Waals surface area (Å²) in [4.78, 5) is 5.82. The first-order valence-corrected chi connectivity index (χ1v) is 12.5. The van der Waals surface area contributed by atoms with E-state index in [2.05, 4.69) is 11.8 Å². The molecule has 10 heteroatoms. The smallest absolute Gasteiger partial charge is 0.283 e. The van der Waals surface area contributed by atoms with Crippen LogP contribution in [0.25, 0.3) is 0 Å².